The predicted molar refractivity (Wildman–Crippen MR) is 110 cm³/mol. The molecule has 0 spiro atoms. The summed E-state index contributed by atoms with van der Waals surface area (Å²) >= 11 is 0. The van der Waals surface area contributed by atoms with Crippen molar-refractivity contribution >= 4 is 21.3 Å². The Kier molecular flexibility index (Phi) is 9.64. The summed E-state index contributed by atoms with van der Waals surface area (Å²) in [5, 5.41) is 0. The van der Waals surface area contributed by atoms with Crippen molar-refractivity contribution in [3.8, 4) is 0 Å². The third kappa shape index (κ3) is 5.20. The zero-order valence-corrected chi connectivity index (χ0v) is 18.8. The van der Waals surface area contributed by atoms with E-state index in [9.17, 15) is 9.13 Å². The van der Waals surface area contributed by atoms with Gasteiger partial charge in [-0.2, -0.15) is 0 Å². The highest BCUT2D eigenvalue weighted by atomic mass is 31.2. The van der Waals surface area contributed by atoms with Crippen LogP contribution in [0, 0.1) is 0 Å². The molecule has 0 saturated carbocycles. The third-order valence-corrected chi connectivity index (χ3v) is 10.7. The maximum atomic E-state index is 13.8. The second kappa shape index (κ2) is 10.7. The van der Waals surface area contributed by atoms with Crippen LogP contribution in [0.15, 0.2) is 30.8 Å². The Morgan fingerprint density at radius 2 is 1.30 bits per heavy atom. The molecule has 1 rings (SSSR count). The minimum Gasteiger partial charge on any atom is -0.308 e. The van der Waals surface area contributed by atoms with Gasteiger partial charge in [-0.25, -0.2) is 0 Å². The van der Waals surface area contributed by atoms with Crippen LogP contribution >= 0.6 is 15.2 Å². The zero-order valence-electron chi connectivity index (χ0n) is 17.0. The Hall–Kier alpha value is -0.740. The number of hydrogen-bond donors (Lipinski definition) is 0. The van der Waals surface area contributed by atoms with Gasteiger partial charge >= 0.3 is 15.2 Å². The number of rotatable bonds is 13. The molecule has 0 heterocycles. The molecular weight excluding hydrogens is 386 g/mol. The molecule has 6 nitrogen and oxygen atoms in total. The second-order valence-electron chi connectivity index (χ2n) is 5.96. The van der Waals surface area contributed by atoms with Gasteiger partial charge in [0.25, 0.3) is 0 Å². The van der Waals surface area contributed by atoms with Gasteiger partial charge in [-0.1, -0.05) is 36.9 Å². The summed E-state index contributed by atoms with van der Waals surface area (Å²) in [6, 6.07) is 7.51. The number of hydrogen-bond acceptors (Lipinski definition) is 6. The summed E-state index contributed by atoms with van der Waals surface area (Å²) in [4.78, 5) is -1.52. The Balaban J connectivity index is 3.66. The molecule has 0 bridgehead atoms. The average molecular weight is 418 g/mol. The Labute approximate surface area is 163 Å². The first-order chi connectivity index (χ1) is 12.8. The molecule has 0 atom stereocenters. The molecule has 0 aliphatic carbocycles. The van der Waals surface area contributed by atoms with Gasteiger partial charge in [0.05, 0.1) is 26.4 Å². The summed E-state index contributed by atoms with van der Waals surface area (Å²) in [5.41, 5.74) is 1.66. The molecule has 27 heavy (non-hydrogen) atoms. The second-order valence-corrected chi connectivity index (χ2v) is 11.3. The van der Waals surface area contributed by atoms with Gasteiger partial charge in [0.2, 0.25) is 0 Å². The van der Waals surface area contributed by atoms with E-state index in [0.717, 1.165) is 11.1 Å². The monoisotopic (exact) mass is 418 g/mol. The van der Waals surface area contributed by atoms with Crippen molar-refractivity contribution in [2.45, 2.75) is 45.9 Å². The van der Waals surface area contributed by atoms with Crippen molar-refractivity contribution in [1.29, 1.82) is 0 Å². The first-order valence-corrected chi connectivity index (χ1v) is 12.3. The smallest absolute Gasteiger partial charge is 0.308 e. The topological polar surface area (TPSA) is 71.1 Å². The average Bonchev–Trinajstić information content (AvgIpc) is 2.62. The summed E-state index contributed by atoms with van der Waals surface area (Å²) in [6.45, 7) is 12.9. The fourth-order valence-corrected chi connectivity index (χ4v) is 8.15. The highest BCUT2D eigenvalue weighted by molar-refractivity contribution is 7.74. The molecule has 1 aromatic rings. The molecule has 1 aromatic carbocycles. The molecule has 0 radical (unpaired) electrons. The Morgan fingerprint density at radius 3 is 1.67 bits per heavy atom. The fraction of sp³-hybridized carbons (Fsp3) is 0.579. The van der Waals surface area contributed by atoms with Gasteiger partial charge in [0.1, 0.15) is 0 Å². The normalized spacial score (nSPS) is 12.9. The molecule has 0 fully saturated rings. The fourth-order valence-electron chi connectivity index (χ4n) is 2.91. The van der Waals surface area contributed by atoms with Crippen molar-refractivity contribution in [2.75, 3.05) is 26.4 Å². The third-order valence-electron chi connectivity index (χ3n) is 4.18. The Morgan fingerprint density at radius 1 is 0.889 bits per heavy atom. The zero-order chi connectivity index (χ0) is 20.6. The van der Waals surface area contributed by atoms with Crippen molar-refractivity contribution < 1.29 is 27.2 Å². The van der Waals surface area contributed by atoms with Crippen molar-refractivity contribution in [2.24, 2.45) is 0 Å². The maximum absolute atomic E-state index is 13.8. The van der Waals surface area contributed by atoms with Gasteiger partial charge in [-0.3, -0.25) is 9.13 Å². The lowest BCUT2D eigenvalue weighted by atomic mass is 10.0. The molecule has 0 aliphatic heterocycles. The highest BCUT2D eigenvalue weighted by Gasteiger charge is 2.61. The maximum Gasteiger partial charge on any atom is 0.348 e. The summed E-state index contributed by atoms with van der Waals surface area (Å²) in [7, 11) is -7.73. The quantitative estimate of drug-likeness (QED) is 0.359. The van der Waals surface area contributed by atoms with Gasteiger partial charge in [-0.05, 0) is 45.7 Å². The Bertz CT molecular complexity index is 653. The van der Waals surface area contributed by atoms with E-state index in [2.05, 4.69) is 6.58 Å². The summed E-state index contributed by atoms with van der Waals surface area (Å²) in [6.07, 6.45) is 1.83. The molecule has 0 aliphatic rings. The number of benzene rings is 1. The van der Waals surface area contributed by atoms with Crippen molar-refractivity contribution in [1.82, 2.24) is 0 Å². The van der Waals surface area contributed by atoms with Gasteiger partial charge in [0, 0.05) is 6.42 Å². The van der Waals surface area contributed by atoms with Crippen LogP contribution in [0.25, 0.3) is 6.08 Å². The molecule has 0 saturated heterocycles. The minimum atomic E-state index is -3.87. The van der Waals surface area contributed by atoms with E-state index in [1.54, 1.807) is 40.7 Å². The van der Waals surface area contributed by atoms with E-state index in [-0.39, 0.29) is 32.8 Å². The van der Waals surface area contributed by atoms with Crippen LogP contribution in [-0.2, 0) is 33.6 Å². The summed E-state index contributed by atoms with van der Waals surface area (Å²) in [5.74, 6) is 0. The van der Waals surface area contributed by atoms with Crippen LogP contribution in [0.5, 0.6) is 0 Å². The summed E-state index contributed by atoms with van der Waals surface area (Å²) < 4.78 is 50.0. The van der Waals surface area contributed by atoms with E-state index in [1.807, 2.05) is 24.3 Å². The van der Waals surface area contributed by atoms with Crippen molar-refractivity contribution in [3.05, 3.63) is 42.0 Å². The van der Waals surface area contributed by atoms with Crippen LogP contribution in [0.1, 0.15) is 45.7 Å². The van der Waals surface area contributed by atoms with Crippen LogP contribution in [-0.4, -0.2) is 31.3 Å². The molecule has 154 valence electrons. The van der Waals surface area contributed by atoms with Crippen LogP contribution in [0.4, 0.5) is 0 Å². The SMILES string of the molecule is C=Cc1ccccc1CC(C)(P(=O)(OCC)OCC)P(=O)(OCC)OCC. The molecule has 0 N–H and O–H groups in total. The lowest BCUT2D eigenvalue weighted by Crippen LogP contribution is -2.33. The molecule has 8 heteroatoms. The van der Waals surface area contributed by atoms with E-state index in [1.165, 1.54) is 0 Å². The molecule has 0 amide bonds. The molecule has 0 aromatic heterocycles. The van der Waals surface area contributed by atoms with E-state index in [4.69, 9.17) is 18.1 Å². The van der Waals surface area contributed by atoms with Crippen LogP contribution < -0.4 is 0 Å². The minimum absolute atomic E-state index is 0.129. The lowest BCUT2D eigenvalue weighted by molar-refractivity contribution is 0.179. The van der Waals surface area contributed by atoms with E-state index < -0.39 is 20.1 Å². The first kappa shape index (κ1) is 24.3. The van der Waals surface area contributed by atoms with Gasteiger partial charge in [-0.15, -0.1) is 0 Å². The lowest BCUT2D eigenvalue weighted by Gasteiger charge is -2.40. The first-order valence-electron chi connectivity index (χ1n) is 9.26. The van der Waals surface area contributed by atoms with E-state index in [0.29, 0.717) is 0 Å². The van der Waals surface area contributed by atoms with Crippen LogP contribution in [0.3, 0.4) is 0 Å². The largest absolute Gasteiger partial charge is 0.348 e. The standard InChI is InChI=1S/C19H32O6P2/c1-7-17-14-12-13-15-18(17)16-19(6,26(20,22-8-2)23-9-3)27(21,24-10-4)25-11-5/h7,12-15H,1,8-11,16H2,2-6H3. The molecule has 0 unspecified atom stereocenters. The van der Waals surface area contributed by atoms with Gasteiger partial charge < -0.3 is 18.1 Å². The highest BCUT2D eigenvalue weighted by Crippen LogP contribution is 2.78. The predicted octanol–water partition coefficient (Wildman–Crippen LogP) is 6.12. The molecular formula is C19H32O6P2. The van der Waals surface area contributed by atoms with Crippen molar-refractivity contribution in [3.63, 3.8) is 0 Å². The van der Waals surface area contributed by atoms with Gasteiger partial charge in [0.15, 0.2) is 4.90 Å². The van der Waals surface area contributed by atoms with Crippen LogP contribution in [0.2, 0.25) is 0 Å². The van der Waals surface area contributed by atoms with E-state index >= 15 is 0 Å².